The molecule has 0 saturated carbocycles. The van der Waals surface area contributed by atoms with Crippen molar-refractivity contribution in [2.24, 2.45) is 0 Å². The van der Waals surface area contributed by atoms with Crippen LogP contribution >= 0.6 is 0 Å². The summed E-state index contributed by atoms with van der Waals surface area (Å²) in [6, 6.07) is 17.2. The maximum Gasteiger partial charge on any atom is 0.121 e. The third-order valence-corrected chi connectivity index (χ3v) is 5.06. The number of nitrogens with zero attached hydrogens (tertiary/aromatic N) is 1. The van der Waals surface area contributed by atoms with Gasteiger partial charge in [0.25, 0.3) is 0 Å². The van der Waals surface area contributed by atoms with E-state index in [1.54, 1.807) is 7.11 Å². The number of benzene rings is 3. The molecule has 0 aliphatic carbocycles. The molecular weight excluding hydrogens is 525 g/mol. The summed E-state index contributed by atoms with van der Waals surface area (Å²) in [7, 11) is 1.70. The average Bonchev–Trinajstić information content (AvgIpc) is 2.59. The molecule has 0 unspecified atom stereocenters. The zero-order valence-corrected chi connectivity index (χ0v) is 20.4. The standard InChI is InChI=1S/C24H23NO.Pb/c1-14-6-8-19-21(12-14)25-22-13-18(26-5)7-9-20(22)24(19)23-16(3)10-15(2)11-17(23)4;/h6-13H,1-5H3;. The number of pyridine rings is 1. The second kappa shape index (κ2) is 7.58. The molecule has 27 heavy (non-hydrogen) atoms. The molecule has 0 fully saturated rings. The fourth-order valence-corrected chi connectivity index (χ4v) is 4.01. The number of ether oxygens (including phenoxy) is 1. The minimum absolute atomic E-state index is 0. The van der Waals surface area contributed by atoms with Crippen LogP contribution in [0.4, 0.5) is 0 Å². The topological polar surface area (TPSA) is 22.1 Å². The number of aryl methyl sites for hydroxylation is 4. The van der Waals surface area contributed by atoms with Gasteiger partial charge in [-0.1, -0.05) is 29.8 Å². The van der Waals surface area contributed by atoms with Gasteiger partial charge in [0.1, 0.15) is 5.75 Å². The molecule has 2 nitrogen and oxygen atoms in total. The van der Waals surface area contributed by atoms with E-state index in [0.29, 0.717) is 0 Å². The average molecular weight is 549 g/mol. The van der Waals surface area contributed by atoms with Crippen molar-refractivity contribution in [2.75, 3.05) is 7.11 Å². The minimum atomic E-state index is 0. The van der Waals surface area contributed by atoms with Gasteiger partial charge in [0.2, 0.25) is 0 Å². The van der Waals surface area contributed by atoms with Crippen molar-refractivity contribution in [1.29, 1.82) is 0 Å². The van der Waals surface area contributed by atoms with Gasteiger partial charge in [0, 0.05) is 49.7 Å². The van der Waals surface area contributed by atoms with Crippen molar-refractivity contribution in [1.82, 2.24) is 4.98 Å². The van der Waals surface area contributed by atoms with Crippen LogP contribution in [0.5, 0.6) is 5.75 Å². The van der Waals surface area contributed by atoms with Crippen LogP contribution in [0, 0.1) is 27.7 Å². The minimum Gasteiger partial charge on any atom is -0.497 e. The molecule has 0 atom stereocenters. The van der Waals surface area contributed by atoms with Crippen molar-refractivity contribution in [3.63, 3.8) is 0 Å². The zero-order valence-electron chi connectivity index (χ0n) is 16.5. The summed E-state index contributed by atoms with van der Waals surface area (Å²) >= 11 is 0. The summed E-state index contributed by atoms with van der Waals surface area (Å²) in [6.45, 7) is 8.66. The molecule has 3 aromatic carbocycles. The quantitative estimate of drug-likeness (QED) is 0.229. The fourth-order valence-electron chi connectivity index (χ4n) is 4.01. The van der Waals surface area contributed by atoms with Gasteiger partial charge in [-0.2, -0.15) is 0 Å². The molecule has 0 N–H and O–H groups in total. The first kappa shape index (κ1) is 19.8. The van der Waals surface area contributed by atoms with E-state index in [9.17, 15) is 0 Å². The summed E-state index contributed by atoms with van der Waals surface area (Å²) in [4.78, 5) is 4.93. The van der Waals surface area contributed by atoms with Gasteiger partial charge in [0.15, 0.2) is 0 Å². The zero-order chi connectivity index (χ0) is 18.4. The van der Waals surface area contributed by atoms with Crippen LogP contribution in [0.3, 0.4) is 0 Å². The van der Waals surface area contributed by atoms with Crippen molar-refractivity contribution >= 4 is 49.1 Å². The van der Waals surface area contributed by atoms with Gasteiger partial charge in [-0.3, -0.25) is 0 Å². The van der Waals surface area contributed by atoms with Gasteiger partial charge in [-0.05, 0) is 68.1 Å². The van der Waals surface area contributed by atoms with Crippen molar-refractivity contribution < 1.29 is 4.74 Å². The molecule has 1 aromatic heterocycles. The first-order valence-corrected chi connectivity index (χ1v) is 8.94. The summed E-state index contributed by atoms with van der Waals surface area (Å²) < 4.78 is 5.43. The monoisotopic (exact) mass is 549 g/mol. The fraction of sp³-hybridized carbons (Fsp3) is 0.208. The van der Waals surface area contributed by atoms with E-state index < -0.39 is 0 Å². The van der Waals surface area contributed by atoms with Crippen LogP contribution < -0.4 is 4.74 Å². The molecule has 0 spiro atoms. The van der Waals surface area contributed by atoms with Crippen molar-refractivity contribution in [3.8, 4) is 16.9 Å². The van der Waals surface area contributed by atoms with Gasteiger partial charge in [0.05, 0.1) is 18.1 Å². The Balaban J connectivity index is 0.00000210. The smallest absolute Gasteiger partial charge is 0.121 e. The summed E-state index contributed by atoms with van der Waals surface area (Å²) in [5, 5.41) is 2.36. The second-order valence-corrected chi connectivity index (χ2v) is 7.16. The van der Waals surface area contributed by atoms with Crippen LogP contribution in [0.25, 0.3) is 32.9 Å². The Morgan fingerprint density at radius 1 is 0.667 bits per heavy atom. The molecule has 0 amide bonds. The Labute approximate surface area is 180 Å². The van der Waals surface area contributed by atoms with E-state index in [1.165, 1.54) is 38.8 Å². The van der Waals surface area contributed by atoms with Gasteiger partial charge in [-0.25, -0.2) is 4.98 Å². The normalized spacial score (nSPS) is 10.9. The molecule has 4 rings (SSSR count). The number of methoxy groups -OCH3 is 1. The third-order valence-electron chi connectivity index (χ3n) is 5.06. The molecule has 0 bridgehead atoms. The number of hydrogen-bond donors (Lipinski definition) is 0. The Bertz CT molecular complexity index is 1140. The van der Waals surface area contributed by atoms with E-state index in [-0.39, 0.29) is 27.3 Å². The van der Waals surface area contributed by atoms with Crippen molar-refractivity contribution in [3.05, 3.63) is 70.8 Å². The molecular formula is C24H23NOPb. The Morgan fingerprint density at radius 3 is 1.89 bits per heavy atom. The van der Waals surface area contributed by atoms with Gasteiger partial charge >= 0.3 is 0 Å². The summed E-state index contributed by atoms with van der Waals surface area (Å²) in [5.74, 6) is 0.834. The van der Waals surface area contributed by atoms with Crippen LogP contribution in [0.2, 0.25) is 0 Å². The number of rotatable bonds is 2. The van der Waals surface area contributed by atoms with Crippen LogP contribution in [-0.4, -0.2) is 39.4 Å². The number of hydrogen-bond acceptors (Lipinski definition) is 2. The van der Waals surface area contributed by atoms with E-state index in [2.05, 4.69) is 64.1 Å². The van der Waals surface area contributed by atoms with E-state index in [1.807, 2.05) is 12.1 Å². The maximum atomic E-state index is 5.43. The van der Waals surface area contributed by atoms with Gasteiger partial charge < -0.3 is 4.74 Å². The molecule has 3 heteroatoms. The Kier molecular flexibility index (Phi) is 5.56. The molecule has 1 heterocycles. The summed E-state index contributed by atoms with van der Waals surface area (Å²) in [5.41, 5.74) is 9.68. The van der Waals surface area contributed by atoms with E-state index >= 15 is 0 Å². The van der Waals surface area contributed by atoms with E-state index in [0.717, 1.165) is 22.2 Å². The predicted molar refractivity (Wildman–Crippen MR) is 116 cm³/mol. The number of fused-ring (bicyclic) bond motifs is 2. The maximum absolute atomic E-state index is 5.43. The Morgan fingerprint density at radius 2 is 1.26 bits per heavy atom. The van der Waals surface area contributed by atoms with Crippen LogP contribution in [0.1, 0.15) is 22.3 Å². The molecule has 134 valence electrons. The Hall–Kier alpha value is -1.95. The molecule has 4 radical (unpaired) electrons. The van der Waals surface area contributed by atoms with Crippen LogP contribution in [-0.2, 0) is 0 Å². The van der Waals surface area contributed by atoms with Crippen molar-refractivity contribution in [2.45, 2.75) is 27.7 Å². The molecule has 0 saturated heterocycles. The molecule has 4 aromatic rings. The number of aromatic nitrogens is 1. The van der Waals surface area contributed by atoms with E-state index in [4.69, 9.17) is 9.72 Å². The summed E-state index contributed by atoms with van der Waals surface area (Å²) in [6.07, 6.45) is 0. The largest absolute Gasteiger partial charge is 0.497 e. The van der Waals surface area contributed by atoms with Gasteiger partial charge in [-0.15, -0.1) is 0 Å². The third kappa shape index (κ3) is 3.47. The van der Waals surface area contributed by atoms with Crippen LogP contribution in [0.15, 0.2) is 48.5 Å². The predicted octanol–water partition coefficient (Wildman–Crippen LogP) is 5.92. The molecule has 0 aliphatic heterocycles. The SMILES string of the molecule is COc1ccc2c(-c3c(C)cc(C)cc3C)c3ccc(C)cc3nc2c1.[Pb]. The second-order valence-electron chi connectivity index (χ2n) is 7.16. The first-order chi connectivity index (χ1) is 12.5. The molecule has 0 aliphatic rings. The first-order valence-electron chi connectivity index (χ1n) is 8.94.